The molecule has 0 atom stereocenters. The molecule has 0 saturated heterocycles. The van der Waals surface area contributed by atoms with Crippen LogP contribution >= 0.6 is 23.4 Å². The molecule has 18 heavy (non-hydrogen) atoms. The van der Waals surface area contributed by atoms with Gasteiger partial charge in [0.2, 0.25) is 5.16 Å². The number of aromatic amines is 1. The lowest BCUT2D eigenvalue weighted by atomic mass is 10.2. The third-order valence-corrected chi connectivity index (χ3v) is 3.49. The van der Waals surface area contributed by atoms with Crippen LogP contribution in [0.3, 0.4) is 0 Å². The molecule has 0 bridgehead atoms. The van der Waals surface area contributed by atoms with Crippen molar-refractivity contribution in [3.05, 3.63) is 28.5 Å². The van der Waals surface area contributed by atoms with Crippen LogP contribution in [0.2, 0.25) is 5.02 Å². The van der Waals surface area contributed by atoms with Crippen LogP contribution in [0, 0.1) is 6.92 Å². The maximum atomic E-state index is 11.1. The van der Waals surface area contributed by atoms with Gasteiger partial charge < -0.3 is 10.8 Å². The maximum Gasteiger partial charge on any atom is 0.336 e. The second kappa shape index (κ2) is 4.87. The Balaban J connectivity index is 2.46. The molecular weight excluding hydrogens is 276 g/mol. The average Bonchev–Trinajstić information content (AvgIpc) is 2.67. The van der Waals surface area contributed by atoms with E-state index in [9.17, 15) is 4.79 Å². The van der Waals surface area contributed by atoms with Crippen LogP contribution in [0.4, 0.5) is 5.69 Å². The molecule has 0 aliphatic rings. The SMILES string of the molecule is Cc1nc(Sc2c(Cl)cc(N)cc2C(=O)O)n[nH]1. The molecular formula is C10H9ClN4O2S. The molecule has 4 N–H and O–H groups in total. The van der Waals surface area contributed by atoms with Gasteiger partial charge in [-0.25, -0.2) is 9.78 Å². The van der Waals surface area contributed by atoms with Gasteiger partial charge in [0.25, 0.3) is 0 Å². The first kappa shape index (κ1) is 12.7. The third kappa shape index (κ3) is 2.57. The Bertz CT molecular complexity index is 614. The van der Waals surface area contributed by atoms with Crippen molar-refractivity contribution in [3.8, 4) is 0 Å². The fourth-order valence-electron chi connectivity index (χ4n) is 1.34. The molecule has 2 rings (SSSR count). The fourth-order valence-corrected chi connectivity index (χ4v) is 2.55. The lowest BCUT2D eigenvalue weighted by molar-refractivity contribution is 0.0693. The summed E-state index contributed by atoms with van der Waals surface area (Å²) < 4.78 is 0. The molecule has 0 spiro atoms. The number of H-pyrrole nitrogens is 1. The summed E-state index contributed by atoms with van der Waals surface area (Å²) in [6, 6.07) is 2.85. The number of hydrogen-bond donors (Lipinski definition) is 3. The van der Waals surface area contributed by atoms with Gasteiger partial charge in [0, 0.05) is 10.6 Å². The van der Waals surface area contributed by atoms with E-state index in [0.29, 0.717) is 21.6 Å². The van der Waals surface area contributed by atoms with E-state index in [2.05, 4.69) is 15.2 Å². The van der Waals surface area contributed by atoms with E-state index in [0.717, 1.165) is 11.8 Å². The van der Waals surface area contributed by atoms with Crippen molar-refractivity contribution in [1.29, 1.82) is 0 Å². The number of nitrogens with zero attached hydrogens (tertiary/aromatic N) is 2. The Labute approximate surface area is 112 Å². The number of carboxylic acid groups (broad SMARTS) is 1. The molecule has 0 amide bonds. The highest BCUT2D eigenvalue weighted by Gasteiger charge is 2.17. The molecule has 8 heteroatoms. The predicted molar refractivity (Wildman–Crippen MR) is 68.1 cm³/mol. The Morgan fingerprint density at radius 2 is 2.28 bits per heavy atom. The lowest BCUT2D eigenvalue weighted by Gasteiger charge is -2.07. The van der Waals surface area contributed by atoms with Gasteiger partial charge in [-0.05, 0) is 30.8 Å². The number of nitrogens with two attached hydrogens (primary N) is 1. The lowest BCUT2D eigenvalue weighted by Crippen LogP contribution is -2.01. The van der Waals surface area contributed by atoms with Crippen molar-refractivity contribution < 1.29 is 9.90 Å². The third-order valence-electron chi connectivity index (χ3n) is 2.07. The number of aromatic nitrogens is 3. The standard InChI is InChI=1S/C10H9ClN4O2S/c1-4-13-10(15-14-4)18-8-6(9(16)17)2-5(12)3-7(8)11/h2-3H,12H2,1H3,(H,16,17)(H,13,14,15). The molecule has 0 radical (unpaired) electrons. The van der Waals surface area contributed by atoms with Gasteiger partial charge in [0.15, 0.2) is 0 Å². The van der Waals surface area contributed by atoms with Crippen LogP contribution in [-0.2, 0) is 0 Å². The number of aryl methyl sites for hydroxylation is 1. The van der Waals surface area contributed by atoms with Crippen LogP contribution < -0.4 is 5.73 Å². The zero-order chi connectivity index (χ0) is 13.3. The Hall–Kier alpha value is -1.73. The Morgan fingerprint density at radius 3 is 2.83 bits per heavy atom. The van der Waals surface area contributed by atoms with E-state index in [1.54, 1.807) is 6.92 Å². The molecule has 0 aliphatic heterocycles. The second-order valence-corrected chi connectivity index (χ2v) is 4.87. The summed E-state index contributed by atoms with van der Waals surface area (Å²) in [6.07, 6.45) is 0. The molecule has 2 aromatic rings. The average molecular weight is 285 g/mol. The number of nitrogen functional groups attached to an aromatic ring is 1. The number of anilines is 1. The van der Waals surface area contributed by atoms with Crippen molar-refractivity contribution in [3.63, 3.8) is 0 Å². The summed E-state index contributed by atoms with van der Waals surface area (Å²) in [5, 5.41) is 16.4. The van der Waals surface area contributed by atoms with E-state index in [1.807, 2.05) is 0 Å². The summed E-state index contributed by atoms with van der Waals surface area (Å²) in [4.78, 5) is 15.6. The number of benzene rings is 1. The highest BCUT2D eigenvalue weighted by atomic mass is 35.5. The van der Waals surface area contributed by atoms with Gasteiger partial charge in [0.1, 0.15) is 5.82 Å². The summed E-state index contributed by atoms with van der Waals surface area (Å²) in [7, 11) is 0. The minimum Gasteiger partial charge on any atom is -0.478 e. The van der Waals surface area contributed by atoms with Crippen LogP contribution in [0.15, 0.2) is 22.2 Å². The topological polar surface area (TPSA) is 105 Å². The predicted octanol–water partition coefficient (Wildman–Crippen LogP) is 2.20. The molecule has 94 valence electrons. The van der Waals surface area contributed by atoms with Gasteiger partial charge in [-0.3, -0.25) is 5.10 Å². The first-order valence-corrected chi connectivity index (χ1v) is 6.06. The Kier molecular flexibility index (Phi) is 3.44. The van der Waals surface area contributed by atoms with E-state index in [-0.39, 0.29) is 10.6 Å². The smallest absolute Gasteiger partial charge is 0.336 e. The zero-order valence-electron chi connectivity index (χ0n) is 9.27. The van der Waals surface area contributed by atoms with E-state index >= 15 is 0 Å². The number of carbonyl (C=O) groups is 1. The number of rotatable bonds is 3. The van der Waals surface area contributed by atoms with Crippen molar-refractivity contribution in [2.75, 3.05) is 5.73 Å². The first-order chi connectivity index (χ1) is 8.47. The number of hydrogen-bond acceptors (Lipinski definition) is 5. The van der Waals surface area contributed by atoms with Crippen molar-refractivity contribution in [1.82, 2.24) is 15.2 Å². The minimum atomic E-state index is -1.10. The number of nitrogens with one attached hydrogen (secondary N) is 1. The van der Waals surface area contributed by atoms with E-state index in [1.165, 1.54) is 12.1 Å². The molecule has 0 fully saturated rings. The first-order valence-electron chi connectivity index (χ1n) is 4.86. The van der Waals surface area contributed by atoms with Crippen LogP contribution in [0.25, 0.3) is 0 Å². The summed E-state index contributed by atoms with van der Waals surface area (Å²) in [5.74, 6) is -0.458. The molecule has 1 heterocycles. The maximum absolute atomic E-state index is 11.1. The van der Waals surface area contributed by atoms with Crippen LogP contribution in [0.5, 0.6) is 0 Å². The monoisotopic (exact) mass is 284 g/mol. The largest absolute Gasteiger partial charge is 0.478 e. The number of aromatic carboxylic acids is 1. The highest BCUT2D eigenvalue weighted by molar-refractivity contribution is 7.99. The van der Waals surface area contributed by atoms with Gasteiger partial charge in [-0.1, -0.05) is 11.6 Å². The molecule has 1 aromatic heterocycles. The van der Waals surface area contributed by atoms with E-state index < -0.39 is 5.97 Å². The van der Waals surface area contributed by atoms with Gasteiger partial charge in [-0.2, -0.15) is 0 Å². The van der Waals surface area contributed by atoms with Gasteiger partial charge in [0.05, 0.1) is 10.6 Å². The molecule has 0 aliphatic carbocycles. The van der Waals surface area contributed by atoms with Gasteiger partial charge >= 0.3 is 5.97 Å². The molecule has 0 saturated carbocycles. The Morgan fingerprint density at radius 1 is 1.56 bits per heavy atom. The molecule has 6 nitrogen and oxygen atoms in total. The second-order valence-electron chi connectivity index (χ2n) is 3.49. The fraction of sp³-hybridized carbons (Fsp3) is 0.100. The van der Waals surface area contributed by atoms with Crippen molar-refractivity contribution >= 4 is 35.0 Å². The minimum absolute atomic E-state index is 0.0347. The molecule has 1 aromatic carbocycles. The van der Waals surface area contributed by atoms with Crippen molar-refractivity contribution in [2.45, 2.75) is 17.0 Å². The number of halogens is 1. The van der Waals surface area contributed by atoms with Crippen LogP contribution in [-0.4, -0.2) is 26.3 Å². The zero-order valence-corrected chi connectivity index (χ0v) is 10.8. The normalized spacial score (nSPS) is 10.6. The summed E-state index contributed by atoms with van der Waals surface area (Å²) in [6.45, 7) is 1.75. The molecule has 0 unspecified atom stereocenters. The van der Waals surface area contributed by atoms with Crippen LogP contribution in [0.1, 0.15) is 16.2 Å². The summed E-state index contributed by atoms with van der Waals surface area (Å²) >= 11 is 7.08. The highest BCUT2D eigenvalue weighted by Crippen LogP contribution is 2.36. The van der Waals surface area contributed by atoms with Crippen molar-refractivity contribution in [2.24, 2.45) is 0 Å². The van der Waals surface area contributed by atoms with E-state index in [4.69, 9.17) is 22.4 Å². The number of carboxylic acids is 1. The van der Waals surface area contributed by atoms with Gasteiger partial charge in [-0.15, -0.1) is 5.10 Å². The summed E-state index contributed by atoms with van der Waals surface area (Å²) in [5.41, 5.74) is 5.90. The quantitative estimate of drug-likeness (QED) is 0.746.